The Kier molecular flexibility index (Phi) is 8.56. The lowest BCUT2D eigenvalue weighted by Crippen LogP contribution is -1.96. The minimum atomic E-state index is -0.876. The summed E-state index contributed by atoms with van der Waals surface area (Å²) < 4.78 is 0. The van der Waals surface area contributed by atoms with E-state index in [1.54, 1.807) is 24.3 Å². The summed E-state index contributed by atoms with van der Waals surface area (Å²) in [6.07, 6.45) is 10.4. The molecule has 0 radical (unpaired) electrons. The van der Waals surface area contributed by atoms with Gasteiger partial charge in [0.1, 0.15) is 0 Å². The average Bonchev–Trinajstić information content (AvgIpc) is 2.67. The zero-order valence-corrected chi connectivity index (χ0v) is 15.7. The summed E-state index contributed by atoms with van der Waals surface area (Å²) in [5.41, 5.74) is 3.09. The highest BCUT2D eigenvalue weighted by molar-refractivity contribution is 5.87. The molecule has 2 rings (SSSR count). The van der Waals surface area contributed by atoms with Crippen LogP contribution in [-0.2, 0) is 12.8 Å². The molecule has 0 fully saturated rings. The summed E-state index contributed by atoms with van der Waals surface area (Å²) in [6, 6.07) is 14.3. The fourth-order valence-corrected chi connectivity index (χ4v) is 3.17. The van der Waals surface area contributed by atoms with E-state index in [2.05, 4.69) is 0 Å². The van der Waals surface area contributed by atoms with Crippen LogP contribution in [0.5, 0.6) is 0 Å². The number of hydrogen-bond acceptors (Lipinski definition) is 2. The van der Waals surface area contributed by atoms with Crippen molar-refractivity contribution in [2.24, 2.45) is 0 Å². The number of aryl methyl sites for hydroxylation is 2. The van der Waals surface area contributed by atoms with E-state index in [4.69, 9.17) is 10.2 Å². The fourth-order valence-electron chi connectivity index (χ4n) is 3.17. The molecule has 0 unspecified atom stereocenters. The van der Waals surface area contributed by atoms with Gasteiger partial charge in [0.25, 0.3) is 0 Å². The summed E-state index contributed by atoms with van der Waals surface area (Å²) in [6.45, 7) is 0. The molecule has 0 saturated heterocycles. The first-order chi connectivity index (χ1) is 13.1. The lowest BCUT2D eigenvalue weighted by atomic mass is 10.0. The van der Waals surface area contributed by atoms with Crippen molar-refractivity contribution in [1.82, 2.24) is 0 Å². The van der Waals surface area contributed by atoms with Gasteiger partial charge in [-0.1, -0.05) is 56.4 Å². The van der Waals surface area contributed by atoms with E-state index in [1.807, 2.05) is 24.3 Å². The van der Waals surface area contributed by atoms with Gasteiger partial charge in [0.15, 0.2) is 0 Å². The van der Waals surface area contributed by atoms with E-state index in [0.717, 1.165) is 25.7 Å². The topological polar surface area (TPSA) is 74.6 Å². The van der Waals surface area contributed by atoms with Crippen molar-refractivity contribution >= 4 is 11.9 Å². The van der Waals surface area contributed by atoms with E-state index in [1.165, 1.54) is 43.2 Å². The highest BCUT2D eigenvalue weighted by Gasteiger charge is 2.02. The van der Waals surface area contributed by atoms with Crippen LogP contribution in [0.3, 0.4) is 0 Å². The third-order valence-corrected chi connectivity index (χ3v) is 4.83. The molecule has 0 heterocycles. The molecule has 0 bridgehead atoms. The van der Waals surface area contributed by atoms with Crippen LogP contribution in [-0.4, -0.2) is 22.2 Å². The molecule has 27 heavy (non-hydrogen) atoms. The third kappa shape index (κ3) is 7.65. The van der Waals surface area contributed by atoms with Crippen LogP contribution in [0.2, 0.25) is 0 Å². The van der Waals surface area contributed by atoms with Crippen molar-refractivity contribution in [3.8, 4) is 0 Å². The van der Waals surface area contributed by atoms with Crippen molar-refractivity contribution in [2.75, 3.05) is 0 Å². The molecule has 0 spiro atoms. The minimum Gasteiger partial charge on any atom is -0.478 e. The molecule has 0 amide bonds. The molecule has 144 valence electrons. The monoisotopic (exact) mass is 368 g/mol. The van der Waals surface area contributed by atoms with Crippen molar-refractivity contribution in [1.29, 1.82) is 0 Å². The Bertz CT molecular complexity index is 654. The number of aromatic carboxylic acids is 2. The van der Waals surface area contributed by atoms with Gasteiger partial charge < -0.3 is 10.2 Å². The smallest absolute Gasteiger partial charge is 0.335 e. The van der Waals surface area contributed by atoms with Crippen LogP contribution in [0, 0.1) is 0 Å². The zero-order chi connectivity index (χ0) is 19.5. The van der Waals surface area contributed by atoms with Gasteiger partial charge >= 0.3 is 11.9 Å². The lowest BCUT2D eigenvalue weighted by molar-refractivity contribution is 0.0686. The van der Waals surface area contributed by atoms with Crippen molar-refractivity contribution in [2.45, 2.75) is 57.8 Å². The number of unbranched alkanes of at least 4 members (excludes halogenated alkanes) is 6. The minimum absolute atomic E-state index is 0.344. The van der Waals surface area contributed by atoms with Crippen LogP contribution in [0.25, 0.3) is 0 Å². The predicted molar refractivity (Wildman–Crippen MR) is 107 cm³/mol. The van der Waals surface area contributed by atoms with Crippen LogP contribution in [0.4, 0.5) is 0 Å². The van der Waals surface area contributed by atoms with Gasteiger partial charge in [-0.3, -0.25) is 0 Å². The molecule has 0 aliphatic heterocycles. The van der Waals surface area contributed by atoms with Gasteiger partial charge in [0, 0.05) is 0 Å². The molecule has 4 heteroatoms. The van der Waals surface area contributed by atoms with Crippen molar-refractivity contribution in [3.05, 3.63) is 70.8 Å². The van der Waals surface area contributed by atoms with E-state index >= 15 is 0 Å². The normalized spacial score (nSPS) is 10.7. The fraction of sp³-hybridized carbons (Fsp3) is 0.391. The van der Waals surface area contributed by atoms with Gasteiger partial charge in [-0.2, -0.15) is 0 Å². The summed E-state index contributed by atoms with van der Waals surface area (Å²) in [7, 11) is 0. The standard InChI is InChI=1S/C23H28O4/c24-22(25)20-14-10-18(11-15-20)8-6-4-2-1-3-5-7-9-19-12-16-21(17-13-19)23(26)27/h10-17H,1-9H2,(H,24,25)(H,26,27). The number of carboxylic acids is 2. The second kappa shape index (κ2) is 11.2. The van der Waals surface area contributed by atoms with E-state index < -0.39 is 11.9 Å². The second-order valence-corrected chi connectivity index (χ2v) is 6.98. The molecule has 0 atom stereocenters. The molecule has 4 nitrogen and oxygen atoms in total. The first kappa shape index (κ1) is 20.7. The van der Waals surface area contributed by atoms with Gasteiger partial charge in [-0.05, 0) is 61.1 Å². The third-order valence-electron chi connectivity index (χ3n) is 4.83. The van der Waals surface area contributed by atoms with E-state index in [9.17, 15) is 9.59 Å². The largest absolute Gasteiger partial charge is 0.478 e. The van der Waals surface area contributed by atoms with Crippen LogP contribution >= 0.6 is 0 Å². The first-order valence-electron chi connectivity index (χ1n) is 9.71. The van der Waals surface area contributed by atoms with Crippen LogP contribution in [0.15, 0.2) is 48.5 Å². The SMILES string of the molecule is O=C(O)c1ccc(CCCCCCCCCc2ccc(C(=O)O)cc2)cc1. The lowest BCUT2D eigenvalue weighted by Gasteiger charge is -2.04. The quantitative estimate of drug-likeness (QED) is 0.478. The molecule has 2 aromatic rings. The zero-order valence-electron chi connectivity index (χ0n) is 15.7. The van der Waals surface area contributed by atoms with Gasteiger partial charge in [0.2, 0.25) is 0 Å². The van der Waals surface area contributed by atoms with Crippen molar-refractivity contribution in [3.63, 3.8) is 0 Å². The Morgan fingerprint density at radius 3 is 1.11 bits per heavy atom. The summed E-state index contributed by atoms with van der Waals surface area (Å²) in [5.74, 6) is -1.75. The Morgan fingerprint density at radius 1 is 0.519 bits per heavy atom. The molecule has 0 aromatic heterocycles. The summed E-state index contributed by atoms with van der Waals surface area (Å²) >= 11 is 0. The van der Waals surface area contributed by atoms with Crippen LogP contribution in [0.1, 0.15) is 76.8 Å². The Morgan fingerprint density at radius 2 is 0.815 bits per heavy atom. The molecule has 0 saturated carbocycles. The molecular formula is C23H28O4. The molecular weight excluding hydrogens is 340 g/mol. The van der Waals surface area contributed by atoms with E-state index in [0.29, 0.717) is 11.1 Å². The first-order valence-corrected chi connectivity index (χ1v) is 9.71. The predicted octanol–water partition coefficient (Wildman–Crippen LogP) is 5.60. The Hall–Kier alpha value is -2.62. The Labute approximate surface area is 160 Å². The Balaban J connectivity index is 1.48. The maximum Gasteiger partial charge on any atom is 0.335 e. The van der Waals surface area contributed by atoms with Gasteiger partial charge in [0.05, 0.1) is 11.1 Å². The molecule has 2 N–H and O–H groups in total. The average molecular weight is 368 g/mol. The van der Waals surface area contributed by atoms with Gasteiger partial charge in [-0.25, -0.2) is 9.59 Å². The highest BCUT2D eigenvalue weighted by Crippen LogP contribution is 2.13. The number of carboxylic acid groups (broad SMARTS) is 2. The number of hydrogen-bond donors (Lipinski definition) is 2. The number of carbonyl (C=O) groups is 2. The van der Waals surface area contributed by atoms with Gasteiger partial charge in [-0.15, -0.1) is 0 Å². The van der Waals surface area contributed by atoms with Crippen LogP contribution < -0.4 is 0 Å². The maximum atomic E-state index is 10.8. The second-order valence-electron chi connectivity index (χ2n) is 6.98. The number of rotatable bonds is 12. The van der Waals surface area contributed by atoms with Crippen molar-refractivity contribution < 1.29 is 19.8 Å². The molecule has 0 aliphatic rings. The van der Waals surface area contributed by atoms with E-state index in [-0.39, 0.29) is 0 Å². The summed E-state index contributed by atoms with van der Waals surface area (Å²) in [5, 5.41) is 17.8. The summed E-state index contributed by atoms with van der Waals surface area (Å²) in [4.78, 5) is 21.6. The number of benzene rings is 2. The maximum absolute atomic E-state index is 10.8. The molecule has 2 aromatic carbocycles. The molecule has 0 aliphatic carbocycles. The highest BCUT2D eigenvalue weighted by atomic mass is 16.4.